The van der Waals surface area contributed by atoms with Gasteiger partial charge in [0.2, 0.25) is 6.17 Å². The molecule has 22 heavy (non-hydrogen) atoms. The van der Waals surface area contributed by atoms with Gasteiger partial charge in [-0.2, -0.15) is 0 Å². The van der Waals surface area contributed by atoms with E-state index in [-0.39, 0.29) is 10.9 Å². The van der Waals surface area contributed by atoms with Crippen molar-refractivity contribution in [2.24, 2.45) is 4.99 Å². The highest BCUT2D eigenvalue weighted by molar-refractivity contribution is 7.90. The molecule has 1 aliphatic heterocycles. The van der Waals surface area contributed by atoms with Gasteiger partial charge in [-0.1, -0.05) is 12.1 Å². The Morgan fingerprint density at radius 1 is 1.27 bits per heavy atom. The molecular weight excluding hydrogens is 304 g/mol. The molecule has 1 atom stereocenters. The Hall–Kier alpha value is -2.15. The fourth-order valence-corrected chi connectivity index (χ4v) is 2.79. The normalized spacial score (nSPS) is 18.5. The van der Waals surface area contributed by atoms with Crippen LogP contribution in [0, 0.1) is 0 Å². The van der Waals surface area contributed by atoms with E-state index in [2.05, 4.69) is 4.99 Å². The lowest BCUT2D eigenvalue weighted by atomic mass is 10.1. The van der Waals surface area contributed by atoms with E-state index < -0.39 is 22.0 Å². The van der Waals surface area contributed by atoms with Gasteiger partial charge in [0.05, 0.1) is 4.90 Å². The first-order chi connectivity index (χ1) is 10.2. The summed E-state index contributed by atoms with van der Waals surface area (Å²) in [5.74, 6) is -1.01. The van der Waals surface area contributed by atoms with Crippen LogP contribution in [0.2, 0.25) is 0 Å². The van der Waals surface area contributed by atoms with Crippen molar-refractivity contribution >= 4 is 27.6 Å². The maximum absolute atomic E-state index is 11.5. The molecule has 0 fully saturated rings. The highest BCUT2D eigenvalue weighted by Crippen LogP contribution is 2.22. The molecule has 0 amide bonds. The maximum atomic E-state index is 11.5. The summed E-state index contributed by atoms with van der Waals surface area (Å²) < 4.78 is 22.9. The molecule has 0 aromatic heterocycles. The summed E-state index contributed by atoms with van der Waals surface area (Å²) >= 11 is 0. The van der Waals surface area contributed by atoms with Crippen molar-refractivity contribution in [3.05, 3.63) is 36.0 Å². The number of sulfone groups is 1. The third-order valence-corrected chi connectivity index (χ3v) is 4.49. The van der Waals surface area contributed by atoms with Crippen LogP contribution in [0.1, 0.15) is 19.4 Å². The van der Waals surface area contributed by atoms with Crippen molar-refractivity contribution in [2.75, 3.05) is 6.26 Å². The molecule has 0 radical (unpaired) electrons. The number of nitrogens with zero attached hydrogens (tertiary/aromatic N) is 2. The van der Waals surface area contributed by atoms with Gasteiger partial charge < -0.3 is 10.0 Å². The average Bonchev–Trinajstić information content (AvgIpc) is 2.45. The zero-order valence-electron chi connectivity index (χ0n) is 12.6. The molecule has 0 spiro atoms. The number of aliphatic carboxylic acids is 1. The molecule has 1 N–H and O–H groups in total. The van der Waals surface area contributed by atoms with Crippen LogP contribution >= 0.6 is 0 Å². The number of hydrogen-bond donors (Lipinski definition) is 1. The second kappa shape index (κ2) is 5.92. The molecule has 1 aliphatic rings. The van der Waals surface area contributed by atoms with Crippen LogP contribution in [0.5, 0.6) is 0 Å². The molecule has 0 bridgehead atoms. The third kappa shape index (κ3) is 3.36. The number of aliphatic imine (C=N–C) groups is 1. The Balaban J connectivity index is 2.35. The molecule has 1 aromatic rings. The number of carboxylic acids is 1. The van der Waals surface area contributed by atoms with Crippen molar-refractivity contribution in [1.82, 2.24) is 4.90 Å². The number of rotatable bonds is 4. The highest BCUT2D eigenvalue weighted by atomic mass is 32.2. The van der Waals surface area contributed by atoms with Gasteiger partial charge in [0.1, 0.15) is 0 Å². The fourth-order valence-electron chi connectivity index (χ4n) is 2.16. The first-order valence-corrected chi connectivity index (χ1v) is 8.65. The summed E-state index contributed by atoms with van der Waals surface area (Å²) in [5, 5.41) is 9.19. The Bertz CT molecular complexity index is 733. The third-order valence-electron chi connectivity index (χ3n) is 3.36. The van der Waals surface area contributed by atoms with Crippen molar-refractivity contribution < 1.29 is 18.3 Å². The SMILES string of the molecule is CC(C)N1C=C(c2ccc(S(C)(=O)=O)cc2)C=NC1C(=O)O. The van der Waals surface area contributed by atoms with E-state index in [1.807, 2.05) is 13.8 Å². The molecule has 0 saturated carbocycles. The predicted molar refractivity (Wildman–Crippen MR) is 84.4 cm³/mol. The van der Waals surface area contributed by atoms with E-state index in [0.29, 0.717) is 0 Å². The molecular formula is C15H18N2O4S. The van der Waals surface area contributed by atoms with Gasteiger partial charge in [0, 0.05) is 30.3 Å². The van der Waals surface area contributed by atoms with E-state index in [1.165, 1.54) is 18.3 Å². The summed E-state index contributed by atoms with van der Waals surface area (Å²) in [4.78, 5) is 17.2. The Morgan fingerprint density at radius 3 is 2.32 bits per heavy atom. The van der Waals surface area contributed by atoms with Crippen LogP contribution in [-0.2, 0) is 14.6 Å². The first-order valence-electron chi connectivity index (χ1n) is 6.76. The molecule has 2 rings (SSSR count). The van der Waals surface area contributed by atoms with Crippen molar-refractivity contribution in [1.29, 1.82) is 0 Å². The summed E-state index contributed by atoms with van der Waals surface area (Å²) in [6.45, 7) is 3.77. The Labute approximate surface area is 129 Å². The van der Waals surface area contributed by atoms with Crippen LogP contribution in [-0.4, -0.2) is 49.1 Å². The molecule has 6 nitrogen and oxygen atoms in total. The number of allylic oxidation sites excluding steroid dienone is 1. The monoisotopic (exact) mass is 322 g/mol. The number of benzene rings is 1. The van der Waals surface area contributed by atoms with E-state index in [9.17, 15) is 18.3 Å². The summed E-state index contributed by atoms with van der Waals surface area (Å²) in [6, 6.07) is 6.41. The largest absolute Gasteiger partial charge is 0.478 e. The van der Waals surface area contributed by atoms with E-state index in [0.717, 1.165) is 17.4 Å². The number of carbonyl (C=O) groups is 1. The summed E-state index contributed by atoms with van der Waals surface area (Å²) in [7, 11) is -3.24. The summed E-state index contributed by atoms with van der Waals surface area (Å²) in [5.41, 5.74) is 1.52. The lowest BCUT2D eigenvalue weighted by Crippen LogP contribution is -2.42. The topological polar surface area (TPSA) is 87.0 Å². The minimum Gasteiger partial charge on any atom is -0.478 e. The quantitative estimate of drug-likeness (QED) is 0.910. The average molecular weight is 322 g/mol. The van der Waals surface area contributed by atoms with Crippen molar-refractivity contribution in [3.8, 4) is 0 Å². The zero-order chi connectivity index (χ0) is 16.5. The second-order valence-electron chi connectivity index (χ2n) is 5.41. The molecule has 1 unspecified atom stereocenters. The fraction of sp³-hybridized carbons (Fsp3) is 0.333. The van der Waals surface area contributed by atoms with Crippen LogP contribution in [0.15, 0.2) is 40.4 Å². The lowest BCUT2D eigenvalue weighted by Gasteiger charge is -2.31. The molecule has 7 heteroatoms. The molecule has 0 aliphatic carbocycles. The smallest absolute Gasteiger partial charge is 0.349 e. The standard InChI is InChI=1S/C15H18N2O4S/c1-10(2)17-9-12(8-16-14(17)15(18)19)11-4-6-13(7-5-11)22(3,20)21/h4-10,14H,1-3H3,(H,18,19). The zero-order valence-corrected chi connectivity index (χ0v) is 13.4. The van der Waals surface area contributed by atoms with E-state index in [1.54, 1.807) is 23.2 Å². The van der Waals surface area contributed by atoms with Gasteiger partial charge in [-0.3, -0.25) is 4.99 Å². The molecule has 1 heterocycles. The van der Waals surface area contributed by atoms with Crippen LogP contribution < -0.4 is 0 Å². The minimum atomic E-state index is -3.24. The van der Waals surface area contributed by atoms with Gasteiger partial charge in [-0.25, -0.2) is 13.2 Å². The summed E-state index contributed by atoms with van der Waals surface area (Å²) in [6.07, 6.45) is 3.47. The van der Waals surface area contributed by atoms with Crippen LogP contribution in [0.4, 0.5) is 0 Å². The number of hydrogen-bond acceptors (Lipinski definition) is 5. The van der Waals surface area contributed by atoms with Crippen molar-refractivity contribution in [3.63, 3.8) is 0 Å². The van der Waals surface area contributed by atoms with Gasteiger partial charge in [-0.05, 0) is 31.5 Å². The predicted octanol–water partition coefficient (Wildman–Crippen LogP) is 1.64. The van der Waals surface area contributed by atoms with Crippen LogP contribution in [0.25, 0.3) is 5.57 Å². The van der Waals surface area contributed by atoms with E-state index >= 15 is 0 Å². The van der Waals surface area contributed by atoms with Gasteiger partial charge in [0.25, 0.3) is 0 Å². The Morgan fingerprint density at radius 2 is 1.86 bits per heavy atom. The highest BCUT2D eigenvalue weighted by Gasteiger charge is 2.27. The Kier molecular flexibility index (Phi) is 4.37. The van der Waals surface area contributed by atoms with Gasteiger partial charge in [-0.15, -0.1) is 0 Å². The minimum absolute atomic E-state index is 0.0242. The second-order valence-corrected chi connectivity index (χ2v) is 7.43. The maximum Gasteiger partial charge on any atom is 0.349 e. The molecule has 118 valence electrons. The van der Waals surface area contributed by atoms with E-state index in [4.69, 9.17) is 0 Å². The van der Waals surface area contributed by atoms with Crippen molar-refractivity contribution in [2.45, 2.75) is 31.0 Å². The number of carboxylic acid groups (broad SMARTS) is 1. The molecule has 1 aromatic carbocycles. The first kappa shape index (κ1) is 16.2. The van der Waals surface area contributed by atoms with Crippen LogP contribution in [0.3, 0.4) is 0 Å². The lowest BCUT2D eigenvalue weighted by molar-refractivity contribution is -0.142. The van der Waals surface area contributed by atoms with Gasteiger partial charge in [0.15, 0.2) is 9.84 Å². The van der Waals surface area contributed by atoms with Gasteiger partial charge >= 0.3 is 5.97 Å². The molecule has 0 saturated heterocycles.